The Morgan fingerprint density at radius 2 is 2.19 bits per heavy atom. The molecule has 2 aliphatic heterocycles. The van der Waals surface area contributed by atoms with Crippen molar-refractivity contribution in [2.45, 2.75) is 33.4 Å². The van der Waals surface area contributed by atoms with E-state index in [2.05, 4.69) is 13.8 Å². The van der Waals surface area contributed by atoms with E-state index >= 15 is 0 Å². The lowest BCUT2D eigenvalue weighted by atomic mass is 10.1. The molecule has 4 rings (SSSR count). The van der Waals surface area contributed by atoms with Crippen molar-refractivity contribution in [2.75, 3.05) is 24.7 Å². The summed E-state index contributed by atoms with van der Waals surface area (Å²) in [6, 6.07) is 5.76. The van der Waals surface area contributed by atoms with Crippen LogP contribution in [0.1, 0.15) is 20.8 Å². The Kier molecular flexibility index (Phi) is 4.22. The van der Waals surface area contributed by atoms with Crippen LogP contribution in [0.25, 0.3) is 11.4 Å². The molecular weight excluding hydrogens is 334 g/mol. The van der Waals surface area contributed by atoms with Crippen molar-refractivity contribution in [3.63, 3.8) is 0 Å². The molecule has 3 heterocycles. The van der Waals surface area contributed by atoms with Crippen LogP contribution in [0.3, 0.4) is 0 Å². The SMILES string of the molecule is CCOc1ccc2c(c1)OCCn1cc(N3C(=O)OCC3C(C)C)nc1-2. The zero-order chi connectivity index (χ0) is 18.3. The lowest BCUT2D eigenvalue weighted by Crippen LogP contribution is -2.37. The summed E-state index contributed by atoms with van der Waals surface area (Å²) in [5.41, 5.74) is 0.894. The number of hydrogen-bond donors (Lipinski definition) is 0. The Bertz CT molecular complexity index is 830. The number of aromatic nitrogens is 2. The van der Waals surface area contributed by atoms with Gasteiger partial charge in [-0.05, 0) is 25.0 Å². The third kappa shape index (κ3) is 2.77. The molecule has 1 unspecified atom stereocenters. The van der Waals surface area contributed by atoms with Crippen molar-refractivity contribution >= 4 is 11.9 Å². The molecule has 1 fully saturated rings. The van der Waals surface area contributed by atoms with Crippen molar-refractivity contribution in [2.24, 2.45) is 5.92 Å². The van der Waals surface area contributed by atoms with Crippen LogP contribution in [0, 0.1) is 5.92 Å². The summed E-state index contributed by atoms with van der Waals surface area (Å²) >= 11 is 0. The Morgan fingerprint density at radius 3 is 2.96 bits per heavy atom. The zero-order valence-electron chi connectivity index (χ0n) is 15.3. The third-order valence-corrected chi connectivity index (χ3v) is 4.78. The van der Waals surface area contributed by atoms with E-state index in [1.165, 1.54) is 0 Å². The van der Waals surface area contributed by atoms with Gasteiger partial charge in [0, 0.05) is 12.3 Å². The normalized spacial score (nSPS) is 18.8. The molecule has 1 aromatic heterocycles. The second-order valence-electron chi connectivity index (χ2n) is 6.81. The van der Waals surface area contributed by atoms with Gasteiger partial charge in [0.25, 0.3) is 0 Å². The van der Waals surface area contributed by atoms with Crippen molar-refractivity contribution in [3.8, 4) is 22.9 Å². The largest absolute Gasteiger partial charge is 0.494 e. The minimum Gasteiger partial charge on any atom is -0.494 e. The van der Waals surface area contributed by atoms with Crippen LogP contribution < -0.4 is 14.4 Å². The van der Waals surface area contributed by atoms with E-state index in [1.54, 1.807) is 4.90 Å². The highest BCUT2D eigenvalue weighted by Crippen LogP contribution is 2.37. The van der Waals surface area contributed by atoms with Crippen LogP contribution in [-0.4, -0.2) is 41.5 Å². The number of benzene rings is 1. The number of carbonyl (C=O) groups is 1. The van der Waals surface area contributed by atoms with E-state index in [-0.39, 0.29) is 18.1 Å². The Labute approximate surface area is 152 Å². The minimum absolute atomic E-state index is 0.00214. The van der Waals surface area contributed by atoms with Crippen molar-refractivity contribution < 1.29 is 19.0 Å². The average Bonchev–Trinajstić information content (AvgIpc) is 3.15. The van der Waals surface area contributed by atoms with E-state index in [4.69, 9.17) is 19.2 Å². The number of rotatable bonds is 4. The van der Waals surface area contributed by atoms with Gasteiger partial charge in [-0.3, -0.25) is 4.90 Å². The number of anilines is 1. The molecule has 0 aliphatic carbocycles. The van der Waals surface area contributed by atoms with Gasteiger partial charge >= 0.3 is 6.09 Å². The second-order valence-corrected chi connectivity index (χ2v) is 6.81. The maximum atomic E-state index is 12.2. The minimum atomic E-state index is -0.333. The molecule has 7 heteroatoms. The number of carbonyl (C=O) groups excluding carboxylic acids is 1. The molecule has 0 radical (unpaired) electrons. The molecule has 0 bridgehead atoms. The second kappa shape index (κ2) is 6.55. The molecule has 1 amide bonds. The lowest BCUT2D eigenvalue weighted by molar-refractivity contribution is 0.177. The van der Waals surface area contributed by atoms with Crippen molar-refractivity contribution in [1.29, 1.82) is 0 Å². The molecule has 7 nitrogen and oxygen atoms in total. The molecule has 138 valence electrons. The van der Waals surface area contributed by atoms with Gasteiger partial charge in [0.2, 0.25) is 0 Å². The fourth-order valence-electron chi connectivity index (χ4n) is 3.41. The monoisotopic (exact) mass is 357 g/mol. The van der Waals surface area contributed by atoms with E-state index in [0.29, 0.717) is 32.2 Å². The Balaban J connectivity index is 1.74. The summed E-state index contributed by atoms with van der Waals surface area (Å²) in [6.07, 6.45) is 1.58. The Hall–Kier alpha value is -2.70. The maximum Gasteiger partial charge on any atom is 0.415 e. The molecule has 0 spiro atoms. The summed E-state index contributed by atoms with van der Waals surface area (Å²) in [5, 5.41) is 0. The van der Waals surface area contributed by atoms with Gasteiger partial charge < -0.3 is 18.8 Å². The van der Waals surface area contributed by atoms with Crippen molar-refractivity contribution in [3.05, 3.63) is 24.4 Å². The molecule has 1 atom stereocenters. The maximum absolute atomic E-state index is 12.2. The standard InChI is InChI=1S/C19H23N3O4/c1-4-24-13-5-6-14-16(9-13)25-8-7-21-10-17(20-18(14)21)22-15(12(2)3)11-26-19(22)23/h5-6,9-10,12,15H,4,7-8,11H2,1-3H3. The summed E-state index contributed by atoms with van der Waals surface area (Å²) in [4.78, 5) is 18.7. The molecule has 2 aromatic rings. The number of cyclic esters (lactones) is 1. The lowest BCUT2D eigenvalue weighted by Gasteiger charge is -2.21. The third-order valence-electron chi connectivity index (χ3n) is 4.78. The van der Waals surface area contributed by atoms with Crippen LogP contribution in [0.15, 0.2) is 24.4 Å². The van der Waals surface area contributed by atoms with E-state index < -0.39 is 0 Å². The Morgan fingerprint density at radius 1 is 1.35 bits per heavy atom. The number of fused-ring (bicyclic) bond motifs is 3. The smallest absolute Gasteiger partial charge is 0.415 e. The van der Waals surface area contributed by atoms with Gasteiger partial charge in [0.15, 0.2) is 5.82 Å². The van der Waals surface area contributed by atoms with Crippen LogP contribution in [-0.2, 0) is 11.3 Å². The summed E-state index contributed by atoms with van der Waals surface area (Å²) in [5.74, 6) is 3.22. The average molecular weight is 357 g/mol. The highest BCUT2D eigenvalue weighted by Gasteiger charge is 2.38. The van der Waals surface area contributed by atoms with Crippen LogP contribution in [0.5, 0.6) is 11.5 Å². The molecule has 2 aliphatic rings. The molecule has 26 heavy (non-hydrogen) atoms. The molecule has 0 N–H and O–H groups in total. The fraction of sp³-hybridized carbons (Fsp3) is 0.474. The molecule has 1 aromatic carbocycles. The van der Waals surface area contributed by atoms with Gasteiger partial charge in [0.05, 0.1) is 24.8 Å². The number of nitrogens with zero attached hydrogens (tertiary/aromatic N) is 3. The number of amides is 1. The highest BCUT2D eigenvalue weighted by molar-refractivity contribution is 5.89. The first-order chi connectivity index (χ1) is 12.6. The first-order valence-corrected chi connectivity index (χ1v) is 9.01. The van der Waals surface area contributed by atoms with Gasteiger partial charge in [-0.25, -0.2) is 9.78 Å². The van der Waals surface area contributed by atoms with Gasteiger partial charge in [0.1, 0.15) is 30.5 Å². The fourth-order valence-corrected chi connectivity index (χ4v) is 3.41. The van der Waals surface area contributed by atoms with Gasteiger partial charge in [-0.2, -0.15) is 0 Å². The van der Waals surface area contributed by atoms with Crippen LogP contribution in [0.4, 0.5) is 10.6 Å². The van der Waals surface area contributed by atoms with Gasteiger partial charge in [-0.15, -0.1) is 0 Å². The van der Waals surface area contributed by atoms with Crippen molar-refractivity contribution in [1.82, 2.24) is 9.55 Å². The van der Waals surface area contributed by atoms with Crippen LogP contribution >= 0.6 is 0 Å². The summed E-state index contributed by atoms with van der Waals surface area (Å²) < 4.78 is 18.7. The molecule has 1 saturated heterocycles. The van der Waals surface area contributed by atoms with Gasteiger partial charge in [-0.1, -0.05) is 13.8 Å². The first-order valence-electron chi connectivity index (χ1n) is 9.01. The predicted molar refractivity (Wildman–Crippen MR) is 96.8 cm³/mol. The van der Waals surface area contributed by atoms with E-state index in [9.17, 15) is 4.79 Å². The van der Waals surface area contributed by atoms with E-state index in [0.717, 1.165) is 22.9 Å². The highest BCUT2D eigenvalue weighted by atomic mass is 16.6. The van der Waals surface area contributed by atoms with E-state index in [1.807, 2.05) is 35.9 Å². The summed E-state index contributed by atoms with van der Waals surface area (Å²) in [6.45, 7) is 8.31. The molecule has 0 saturated carbocycles. The zero-order valence-corrected chi connectivity index (χ0v) is 15.3. The quantitative estimate of drug-likeness (QED) is 0.840. The first kappa shape index (κ1) is 16.8. The predicted octanol–water partition coefficient (Wildman–Crippen LogP) is 3.32. The summed E-state index contributed by atoms with van der Waals surface area (Å²) in [7, 11) is 0. The topological polar surface area (TPSA) is 65.8 Å². The molecular formula is C19H23N3O4. The number of hydrogen-bond acceptors (Lipinski definition) is 5. The van der Waals surface area contributed by atoms with Crippen LogP contribution in [0.2, 0.25) is 0 Å². The number of ether oxygens (including phenoxy) is 3. The number of imidazole rings is 1.